The van der Waals surface area contributed by atoms with Crippen LogP contribution in [-0.2, 0) is 17.8 Å². The first-order chi connectivity index (χ1) is 10.6. The van der Waals surface area contributed by atoms with E-state index in [0.717, 1.165) is 12.2 Å². The molecule has 0 atom stereocenters. The molecule has 1 N–H and O–H groups in total. The number of aromatic nitrogens is 3. The van der Waals surface area contributed by atoms with Crippen molar-refractivity contribution in [2.75, 3.05) is 11.1 Å². The number of nitrogens with zero attached hydrogens (tertiary/aromatic N) is 3. The molecule has 1 heterocycles. The number of carbonyl (C=O) groups excluding carboxylic acids is 1. The van der Waals surface area contributed by atoms with E-state index in [2.05, 4.69) is 22.1 Å². The Balaban J connectivity index is 1.96. The van der Waals surface area contributed by atoms with Crippen LogP contribution < -0.4 is 5.32 Å². The van der Waals surface area contributed by atoms with Gasteiger partial charge < -0.3 is 9.88 Å². The summed E-state index contributed by atoms with van der Waals surface area (Å²) in [5.74, 6) is 0.425. The summed E-state index contributed by atoms with van der Waals surface area (Å²) in [5, 5.41) is 11.5. The standard InChI is InChI=1S/C15H17FN4OS/c1-3-8-20-13(4-2)18-19-15(20)22-10-14(21)17-12-7-5-6-11(16)9-12/h3,5-7,9H,1,4,8,10H2,2H3,(H,17,21). The Morgan fingerprint density at radius 3 is 3.00 bits per heavy atom. The number of hydrogen-bond acceptors (Lipinski definition) is 4. The molecule has 1 aromatic heterocycles. The maximum atomic E-state index is 13.1. The summed E-state index contributed by atoms with van der Waals surface area (Å²) in [5.41, 5.74) is 0.437. The molecule has 0 saturated heterocycles. The van der Waals surface area contributed by atoms with Crippen LogP contribution in [0, 0.1) is 5.82 Å². The van der Waals surface area contributed by atoms with Gasteiger partial charge in [0.1, 0.15) is 11.6 Å². The number of thioether (sulfide) groups is 1. The van der Waals surface area contributed by atoms with Crippen LogP contribution in [0.5, 0.6) is 0 Å². The molecule has 2 aromatic rings. The zero-order valence-electron chi connectivity index (χ0n) is 12.3. The number of halogens is 1. The molecule has 0 radical (unpaired) electrons. The number of rotatable bonds is 7. The second kappa shape index (κ2) is 7.74. The summed E-state index contributed by atoms with van der Waals surface area (Å²) in [6.45, 7) is 6.31. The van der Waals surface area contributed by atoms with Gasteiger partial charge in [0.2, 0.25) is 5.91 Å². The molecule has 0 unspecified atom stereocenters. The molecule has 0 aliphatic rings. The highest BCUT2D eigenvalue weighted by atomic mass is 32.2. The van der Waals surface area contributed by atoms with Crippen LogP contribution in [0.25, 0.3) is 0 Å². The number of allylic oxidation sites excluding steroid dienone is 1. The van der Waals surface area contributed by atoms with Gasteiger partial charge in [-0.2, -0.15) is 0 Å². The van der Waals surface area contributed by atoms with E-state index in [9.17, 15) is 9.18 Å². The molecule has 5 nitrogen and oxygen atoms in total. The SMILES string of the molecule is C=CCn1c(CC)nnc1SCC(=O)Nc1cccc(F)c1. The van der Waals surface area contributed by atoms with Gasteiger partial charge in [-0.15, -0.1) is 16.8 Å². The van der Waals surface area contributed by atoms with Gasteiger partial charge in [0.05, 0.1) is 5.75 Å². The van der Waals surface area contributed by atoms with E-state index >= 15 is 0 Å². The Morgan fingerprint density at radius 1 is 1.50 bits per heavy atom. The molecule has 0 saturated carbocycles. The second-order valence-corrected chi connectivity index (χ2v) is 5.44. The van der Waals surface area contributed by atoms with Crippen LogP contribution >= 0.6 is 11.8 Å². The lowest BCUT2D eigenvalue weighted by atomic mass is 10.3. The Morgan fingerprint density at radius 2 is 2.32 bits per heavy atom. The first-order valence-electron chi connectivity index (χ1n) is 6.85. The summed E-state index contributed by atoms with van der Waals surface area (Å²) < 4.78 is 15.0. The minimum absolute atomic E-state index is 0.176. The first kappa shape index (κ1) is 16.2. The molecule has 2 rings (SSSR count). The van der Waals surface area contributed by atoms with E-state index < -0.39 is 0 Å². The van der Waals surface area contributed by atoms with Crippen molar-refractivity contribution in [1.29, 1.82) is 0 Å². The number of benzene rings is 1. The molecule has 0 spiro atoms. The fourth-order valence-electron chi connectivity index (χ4n) is 1.89. The Hall–Kier alpha value is -2.15. The lowest BCUT2D eigenvalue weighted by molar-refractivity contribution is -0.113. The third-order valence-electron chi connectivity index (χ3n) is 2.86. The Kier molecular flexibility index (Phi) is 5.71. The summed E-state index contributed by atoms with van der Waals surface area (Å²) >= 11 is 1.29. The van der Waals surface area contributed by atoms with E-state index in [-0.39, 0.29) is 17.5 Å². The zero-order chi connectivity index (χ0) is 15.9. The molecule has 7 heteroatoms. The molecule has 116 valence electrons. The van der Waals surface area contributed by atoms with Crippen molar-refractivity contribution >= 4 is 23.4 Å². The molecular formula is C15H17FN4OS. The number of nitrogens with one attached hydrogen (secondary N) is 1. The van der Waals surface area contributed by atoms with Crippen molar-refractivity contribution in [3.63, 3.8) is 0 Å². The van der Waals surface area contributed by atoms with Crippen molar-refractivity contribution in [2.45, 2.75) is 25.0 Å². The van der Waals surface area contributed by atoms with E-state index in [1.165, 1.54) is 23.9 Å². The molecule has 1 aromatic carbocycles. The van der Waals surface area contributed by atoms with E-state index in [4.69, 9.17) is 0 Å². The van der Waals surface area contributed by atoms with Gasteiger partial charge in [0.15, 0.2) is 5.16 Å². The third-order valence-corrected chi connectivity index (χ3v) is 3.83. The van der Waals surface area contributed by atoms with Crippen molar-refractivity contribution in [1.82, 2.24) is 14.8 Å². The predicted octanol–water partition coefficient (Wildman–Crippen LogP) is 2.90. The van der Waals surface area contributed by atoms with Gasteiger partial charge in [-0.1, -0.05) is 30.8 Å². The van der Waals surface area contributed by atoms with Crippen LogP contribution in [0.4, 0.5) is 10.1 Å². The Bertz CT molecular complexity index is 671. The maximum Gasteiger partial charge on any atom is 0.234 e. The number of aryl methyl sites for hydroxylation is 1. The molecular weight excluding hydrogens is 303 g/mol. The summed E-state index contributed by atoms with van der Waals surface area (Å²) in [6.07, 6.45) is 2.52. The van der Waals surface area contributed by atoms with Crippen LogP contribution in [0.1, 0.15) is 12.7 Å². The van der Waals surface area contributed by atoms with E-state index in [1.54, 1.807) is 18.2 Å². The monoisotopic (exact) mass is 320 g/mol. The first-order valence-corrected chi connectivity index (χ1v) is 7.83. The molecule has 0 bridgehead atoms. The van der Waals surface area contributed by atoms with Crippen LogP contribution in [-0.4, -0.2) is 26.4 Å². The second-order valence-electron chi connectivity index (χ2n) is 4.50. The molecule has 22 heavy (non-hydrogen) atoms. The van der Waals surface area contributed by atoms with Crippen molar-refractivity contribution in [3.05, 3.63) is 48.6 Å². The molecule has 0 fully saturated rings. The minimum Gasteiger partial charge on any atom is -0.325 e. The average Bonchev–Trinajstić information content (AvgIpc) is 2.88. The summed E-state index contributed by atoms with van der Waals surface area (Å²) in [4.78, 5) is 11.9. The van der Waals surface area contributed by atoms with Crippen LogP contribution in [0.15, 0.2) is 42.1 Å². The normalized spacial score (nSPS) is 10.5. The summed E-state index contributed by atoms with van der Waals surface area (Å²) in [7, 11) is 0. The number of amides is 1. The highest BCUT2D eigenvalue weighted by Gasteiger charge is 2.12. The van der Waals surface area contributed by atoms with Gasteiger partial charge in [0.25, 0.3) is 0 Å². The lowest BCUT2D eigenvalue weighted by Crippen LogP contribution is -2.14. The summed E-state index contributed by atoms with van der Waals surface area (Å²) in [6, 6.07) is 5.79. The number of hydrogen-bond donors (Lipinski definition) is 1. The van der Waals surface area contributed by atoms with Gasteiger partial charge in [-0.05, 0) is 18.2 Å². The van der Waals surface area contributed by atoms with Gasteiger partial charge in [-0.25, -0.2) is 4.39 Å². The van der Waals surface area contributed by atoms with Gasteiger partial charge in [-0.3, -0.25) is 4.79 Å². The third kappa shape index (κ3) is 4.17. The van der Waals surface area contributed by atoms with Crippen LogP contribution in [0.2, 0.25) is 0 Å². The fraction of sp³-hybridized carbons (Fsp3) is 0.267. The average molecular weight is 320 g/mol. The van der Waals surface area contributed by atoms with Gasteiger partial charge in [0, 0.05) is 18.7 Å². The highest BCUT2D eigenvalue weighted by molar-refractivity contribution is 7.99. The van der Waals surface area contributed by atoms with E-state index in [0.29, 0.717) is 17.4 Å². The van der Waals surface area contributed by atoms with E-state index in [1.807, 2.05) is 11.5 Å². The van der Waals surface area contributed by atoms with Crippen molar-refractivity contribution in [3.8, 4) is 0 Å². The minimum atomic E-state index is -0.385. The maximum absolute atomic E-state index is 13.1. The largest absolute Gasteiger partial charge is 0.325 e. The van der Waals surface area contributed by atoms with Gasteiger partial charge >= 0.3 is 0 Å². The zero-order valence-corrected chi connectivity index (χ0v) is 13.1. The molecule has 1 amide bonds. The number of anilines is 1. The van der Waals surface area contributed by atoms with Crippen molar-refractivity contribution in [2.24, 2.45) is 0 Å². The lowest BCUT2D eigenvalue weighted by Gasteiger charge is -2.07. The van der Waals surface area contributed by atoms with Crippen LogP contribution in [0.3, 0.4) is 0 Å². The Labute approximate surface area is 132 Å². The highest BCUT2D eigenvalue weighted by Crippen LogP contribution is 2.18. The fourth-order valence-corrected chi connectivity index (χ4v) is 2.66. The number of carbonyl (C=O) groups is 1. The molecule has 0 aliphatic carbocycles. The molecule has 0 aliphatic heterocycles. The topological polar surface area (TPSA) is 59.8 Å². The smallest absolute Gasteiger partial charge is 0.234 e. The van der Waals surface area contributed by atoms with Crippen molar-refractivity contribution < 1.29 is 9.18 Å². The predicted molar refractivity (Wildman–Crippen MR) is 85.4 cm³/mol. The quantitative estimate of drug-likeness (QED) is 0.629.